The molecule has 0 saturated heterocycles. The first kappa shape index (κ1) is 11.7. The second-order valence-electron chi connectivity index (χ2n) is 3.71. The van der Waals surface area contributed by atoms with Crippen molar-refractivity contribution < 1.29 is 5.11 Å². The number of hydrogen-bond acceptors (Lipinski definition) is 5. The van der Waals surface area contributed by atoms with Crippen molar-refractivity contribution in [3.63, 3.8) is 0 Å². The number of anilines is 2. The zero-order valence-corrected chi connectivity index (χ0v) is 9.41. The van der Waals surface area contributed by atoms with Gasteiger partial charge >= 0.3 is 0 Å². The van der Waals surface area contributed by atoms with Crippen LogP contribution >= 0.6 is 0 Å². The molecule has 15 heavy (non-hydrogen) atoms. The molecule has 5 heteroatoms. The van der Waals surface area contributed by atoms with E-state index >= 15 is 0 Å². The van der Waals surface area contributed by atoms with Gasteiger partial charge in [-0.15, -0.1) is 0 Å². The zero-order chi connectivity index (χ0) is 11.3. The van der Waals surface area contributed by atoms with Gasteiger partial charge in [0.2, 0.25) is 5.95 Å². The molecule has 1 aromatic rings. The molecule has 1 aromatic heterocycles. The van der Waals surface area contributed by atoms with E-state index in [4.69, 9.17) is 0 Å². The van der Waals surface area contributed by atoms with Crippen molar-refractivity contribution in [1.29, 1.82) is 0 Å². The van der Waals surface area contributed by atoms with Gasteiger partial charge in [-0.2, -0.15) is 4.98 Å². The first-order valence-electron chi connectivity index (χ1n) is 5.03. The Morgan fingerprint density at radius 3 is 2.80 bits per heavy atom. The maximum atomic E-state index is 9.25. The molecule has 0 amide bonds. The van der Waals surface area contributed by atoms with E-state index in [1.165, 1.54) is 0 Å². The zero-order valence-electron chi connectivity index (χ0n) is 9.41. The molecule has 0 aliphatic carbocycles. The predicted molar refractivity (Wildman–Crippen MR) is 61.0 cm³/mol. The molecule has 0 aromatic carbocycles. The summed E-state index contributed by atoms with van der Waals surface area (Å²) in [6.07, 6.45) is 2.50. The number of nitrogens with zero attached hydrogens (tertiary/aromatic N) is 2. The third-order valence-electron chi connectivity index (χ3n) is 2.44. The van der Waals surface area contributed by atoms with Crippen molar-refractivity contribution in [2.75, 3.05) is 24.3 Å². The van der Waals surface area contributed by atoms with Gasteiger partial charge in [-0.25, -0.2) is 4.98 Å². The lowest BCUT2D eigenvalue weighted by molar-refractivity contribution is 0.218. The molecular formula is C10H18N4O. The Morgan fingerprint density at radius 1 is 1.53 bits per heavy atom. The smallest absolute Gasteiger partial charge is 0.224 e. The molecule has 0 radical (unpaired) electrons. The molecular weight excluding hydrogens is 192 g/mol. The van der Waals surface area contributed by atoms with Crippen LogP contribution in [0.1, 0.15) is 20.3 Å². The van der Waals surface area contributed by atoms with Crippen LogP contribution in [0.4, 0.5) is 11.8 Å². The van der Waals surface area contributed by atoms with E-state index < -0.39 is 0 Å². The maximum Gasteiger partial charge on any atom is 0.224 e. The lowest BCUT2D eigenvalue weighted by Crippen LogP contribution is -2.38. The highest BCUT2D eigenvalue weighted by atomic mass is 16.3. The topological polar surface area (TPSA) is 70.1 Å². The molecule has 0 saturated carbocycles. The van der Waals surface area contributed by atoms with Crippen molar-refractivity contribution in [3.8, 4) is 0 Å². The molecule has 84 valence electrons. The Morgan fingerprint density at radius 2 is 2.27 bits per heavy atom. The van der Waals surface area contributed by atoms with Gasteiger partial charge < -0.3 is 15.7 Å². The van der Waals surface area contributed by atoms with E-state index in [1.807, 2.05) is 13.8 Å². The minimum absolute atomic E-state index is 0.0718. The van der Waals surface area contributed by atoms with Crippen LogP contribution in [0, 0.1) is 0 Å². The number of hydrogen-bond donors (Lipinski definition) is 3. The molecule has 1 rings (SSSR count). The summed E-state index contributed by atoms with van der Waals surface area (Å²) in [5.74, 6) is 1.28. The summed E-state index contributed by atoms with van der Waals surface area (Å²) < 4.78 is 0. The van der Waals surface area contributed by atoms with Crippen LogP contribution < -0.4 is 10.6 Å². The molecule has 1 atom stereocenters. The fourth-order valence-electron chi connectivity index (χ4n) is 1.10. The minimum atomic E-state index is -0.334. The molecule has 5 nitrogen and oxygen atoms in total. The molecule has 1 unspecified atom stereocenters. The Bertz CT molecular complexity index is 312. The molecule has 0 fully saturated rings. The van der Waals surface area contributed by atoms with E-state index in [0.29, 0.717) is 11.8 Å². The van der Waals surface area contributed by atoms with Gasteiger partial charge in [0.05, 0.1) is 12.1 Å². The third kappa shape index (κ3) is 3.06. The van der Waals surface area contributed by atoms with Crippen LogP contribution in [-0.2, 0) is 0 Å². The second kappa shape index (κ2) is 4.93. The minimum Gasteiger partial charge on any atom is -0.394 e. The summed E-state index contributed by atoms with van der Waals surface area (Å²) >= 11 is 0. The van der Waals surface area contributed by atoms with Crippen molar-refractivity contribution >= 4 is 11.8 Å². The highest BCUT2D eigenvalue weighted by Gasteiger charge is 2.20. The van der Waals surface area contributed by atoms with Gasteiger partial charge in [-0.05, 0) is 19.4 Å². The van der Waals surface area contributed by atoms with E-state index in [1.54, 1.807) is 19.3 Å². The maximum absolute atomic E-state index is 9.25. The van der Waals surface area contributed by atoms with Crippen LogP contribution in [0.2, 0.25) is 0 Å². The Balaban J connectivity index is 2.79. The number of rotatable bonds is 5. The van der Waals surface area contributed by atoms with Crippen LogP contribution in [0.15, 0.2) is 12.3 Å². The van der Waals surface area contributed by atoms with E-state index in [2.05, 4.69) is 20.6 Å². The lowest BCUT2D eigenvalue weighted by atomic mass is 10.0. The first-order chi connectivity index (χ1) is 7.13. The van der Waals surface area contributed by atoms with Crippen LogP contribution in [0.25, 0.3) is 0 Å². The summed E-state index contributed by atoms with van der Waals surface area (Å²) in [5, 5.41) is 15.3. The van der Waals surface area contributed by atoms with Crippen molar-refractivity contribution in [2.45, 2.75) is 25.8 Å². The predicted octanol–water partition coefficient (Wildman–Crippen LogP) is 1.09. The average Bonchev–Trinajstić information content (AvgIpc) is 2.29. The van der Waals surface area contributed by atoms with Crippen LogP contribution in [0.3, 0.4) is 0 Å². The van der Waals surface area contributed by atoms with Crippen molar-refractivity contribution in [2.24, 2.45) is 0 Å². The Kier molecular flexibility index (Phi) is 3.85. The highest BCUT2D eigenvalue weighted by molar-refractivity contribution is 5.41. The first-order valence-corrected chi connectivity index (χ1v) is 5.03. The molecule has 1 heterocycles. The monoisotopic (exact) mass is 210 g/mol. The van der Waals surface area contributed by atoms with E-state index in [0.717, 1.165) is 6.42 Å². The summed E-state index contributed by atoms with van der Waals surface area (Å²) in [5.41, 5.74) is -0.334. The number of aliphatic hydroxyl groups is 1. The number of nitrogens with one attached hydrogen (secondary N) is 2. The van der Waals surface area contributed by atoms with Gasteiger partial charge in [0.1, 0.15) is 5.82 Å². The average molecular weight is 210 g/mol. The standard InChI is InChI=1S/C10H18N4O/c1-4-10(2,7-15)14-8-5-6-12-9(11-3)13-8/h5-6,15H,4,7H2,1-3H3,(H2,11,12,13,14). The van der Waals surface area contributed by atoms with E-state index in [9.17, 15) is 5.11 Å². The lowest BCUT2D eigenvalue weighted by Gasteiger charge is -2.27. The summed E-state index contributed by atoms with van der Waals surface area (Å²) in [4.78, 5) is 8.24. The molecule has 0 aliphatic rings. The number of aliphatic hydroxyl groups excluding tert-OH is 1. The summed E-state index contributed by atoms with van der Waals surface area (Å²) in [6, 6.07) is 1.78. The summed E-state index contributed by atoms with van der Waals surface area (Å²) in [7, 11) is 1.77. The van der Waals surface area contributed by atoms with E-state index in [-0.39, 0.29) is 12.1 Å². The van der Waals surface area contributed by atoms with Gasteiger partial charge in [-0.3, -0.25) is 0 Å². The second-order valence-corrected chi connectivity index (χ2v) is 3.71. The highest BCUT2D eigenvalue weighted by Crippen LogP contribution is 2.16. The van der Waals surface area contributed by atoms with Gasteiger partial charge in [-0.1, -0.05) is 6.92 Å². The fraction of sp³-hybridized carbons (Fsp3) is 0.600. The molecule has 0 aliphatic heterocycles. The van der Waals surface area contributed by atoms with Gasteiger partial charge in [0.15, 0.2) is 0 Å². The normalized spacial score (nSPS) is 14.4. The van der Waals surface area contributed by atoms with Crippen molar-refractivity contribution in [3.05, 3.63) is 12.3 Å². The third-order valence-corrected chi connectivity index (χ3v) is 2.44. The summed E-state index contributed by atoms with van der Waals surface area (Å²) in [6.45, 7) is 4.04. The quantitative estimate of drug-likeness (QED) is 0.678. The molecule has 0 bridgehead atoms. The largest absolute Gasteiger partial charge is 0.394 e. The Hall–Kier alpha value is -1.36. The van der Waals surface area contributed by atoms with Gasteiger partial charge in [0.25, 0.3) is 0 Å². The molecule has 3 N–H and O–H groups in total. The number of aromatic nitrogens is 2. The van der Waals surface area contributed by atoms with Gasteiger partial charge in [0, 0.05) is 13.2 Å². The Labute approximate surface area is 90.0 Å². The SMILES string of the molecule is CCC(C)(CO)Nc1ccnc(NC)n1. The fourth-order valence-corrected chi connectivity index (χ4v) is 1.10. The van der Waals surface area contributed by atoms with Crippen LogP contribution in [-0.4, -0.2) is 34.3 Å². The molecule has 0 spiro atoms. The van der Waals surface area contributed by atoms with Crippen molar-refractivity contribution in [1.82, 2.24) is 9.97 Å². The van der Waals surface area contributed by atoms with Crippen LogP contribution in [0.5, 0.6) is 0 Å².